The fraction of sp³-hybridized carbons (Fsp3) is 0.250. The van der Waals surface area contributed by atoms with E-state index in [4.69, 9.17) is 4.74 Å². The van der Waals surface area contributed by atoms with Crippen molar-refractivity contribution in [2.24, 2.45) is 0 Å². The number of nitrogens with one attached hydrogen (secondary N) is 1. The minimum absolute atomic E-state index is 0.270. The number of aryl methyl sites for hydroxylation is 1. The van der Waals surface area contributed by atoms with Gasteiger partial charge in [-0.15, -0.1) is 0 Å². The summed E-state index contributed by atoms with van der Waals surface area (Å²) >= 11 is 0. The summed E-state index contributed by atoms with van der Waals surface area (Å²) in [6.07, 6.45) is 1.19. The van der Waals surface area contributed by atoms with Gasteiger partial charge in [-0.25, -0.2) is 8.42 Å². The van der Waals surface area contributed by atoms with E-state index in [1.807, 2.05) is 31.2 Å². The summed E-state index contributed by atoms with van der Waals surface area (Å²) in [4.78, 5) is 0.270. The lowest BCUT2D eigenvalue weighted by molar-refractivity contribution is 0.332. The molecule has 0 spiro atoms. The van der Waals surface area contributed by atoms with Gasteiger partial charge in [-0.05, 0) is 36.8 Å². The van der Waals surface area contributed by atoms with Crippen LogP contribution in [0.5, 0.6) is 5.75 Å². The second-order valence-electron chi connectivity index (χ2n) is 4.84. The van der Waals surface area contributed by atoms with Gasteiger partial charge in [-0.3, -0.25) is 0 Å². The summed E-state index contributed by atoms with van der Waals surface area (Å²) in [6, 6.07) is 14.6. The lowest BCUT2D eigenvalue weighted by atomic mass is 10.2. The Morgan fingerprint density at radius 1 is 1.10 bits per heavy atom. The van der Waals surface area contributed by atoms with Gasteiger partial charge in [0.05, 0.1) is 4.90 Å². The zero-order valence-electron chi connectivity index (χ0n) is 12.2. The van der Waals surface area contributed by atoms with E-state index in [1.165, 1.54) is 11.8 Å². The Kier molecular flexibility index (Phi) is 4.85. The van der Waals surface area contributed by atoms with E-state index in [2.05, 4.69) is 5.32 Å². The average Bonchev–Trinajstić information content (AvgIpc) is 2.45. The molecular weight excluding hydrogens is 286 g/mol. The summed E-state index contributed by atoms with van der Waals surface area (Å²) in [5, 5.41) is 3.28. The molecule has 0 unspecified atom stereocenters. The summed E-state index contributed by atoms with van der Waals surface area (Å²) in [5.74, 6) is 0.560. The number of hydrogen-bond donors (Lipinski definition) is 1. The minimum atomic E-state index is -3.20. The molecule has 0 bridgehead atoms. The van der Waals surface area contributed by atoms with Crippen molar-refractivity contribution < 1.29 is 13.2 Å². The molecule has 112 valence electrons. The average molecular weight is 305 g/mol. The highest BCUT2D eigenvalue weighted by Crippen LogP contribution is 2.17. The largest absolute Gasteiger partial charge is 0.492 e. The van der Waals surface area contributed by atoms with E-state index in [-0.39, 0.29) is 4.90 Å². The maximum Gasteiger partial charge on any atom is 0.175 e. The van der Waals surface area contributed by atoms with Crippen molar-refractivity contribution in [3.8, 4) is 5.75 Å². The molecule has 0 heterocycles. The Morgan fingerprint density at radius 2 is 1.86 bits per heavy atom. The van der Waals surface area contributed by atoms with Crippen LogP contribution in [0.4, 0.5) is 5.69 Å². The van der Waals surface area contributed by atoms with E-state index in [0.29, 0.717) is 18.9 Å². The summed E-state index contributed by atoms with van der Waals surface area (Å²) in [7, 11) is -3.20. The third kappa shape index (κ3) is 4.49. The van der Waals surface area contributed by atoms with Crippen molar-refractivity contribution in [1.82, 2.24) is 0 Å². The van der Waals surface area contributed by atoms with Crippen LogP contribution >= 0.6 is 0 Å². The Bertz CT molecular complexity index is 711. The fourth-order valence-electron chi connectivity index (χ4n) is 1.92. The van der Waals surface area contributed by atoms with Crippen molar-refractivity contribution in [3.63, 3.8) is 0 Å². The third-order valence-electron chi connectivity index (χ3n) is 3.06. The monoisotopic (exact) mass is 305 g/mol. The Morgan fingerprint density at radius 3 is 2.57 bits per heavy atom. The standard InChI is InChI=1S/C16H19NO3S/c1-13-6-3-4-9-16(13)17-10-11-20-14-7-5-8-15(12-14)21(2,18)19/h3-9,12,17H,10-11H2,1-2H3. The van der Waals surface area contributed by atoms with E-state index in [9.17, 15) is 8.42 Å². The predicted octanol–water partition coefficient (Wildman–Crippen LogP) is 2.89. The second-order valence-corrected chi connectivity index (χ2v) is 6.85. The van der Waals surface area contributed by atoms with Crippen LogP contribution in [0.3, 0.4) is 0 Å². The first-order chi connectivity index (χ1) is 9.97. The lowest BCUT2D eigenvalue weighted by Crippen LogP contribution is -2.12. The van der Waals surface area contributed by atoms with Crippen LogP contribution in [0.1, 0.15) is 5.56 Å². The maximum absolute atomic E-state index is 11.5. The number of rotatable bonds is 6. The van der Waals surface area contributed by atoms with Crippen LogP contribution in [0.25, 0.3) is 0 Å². The van der Waals surface area contributed by atoms with Gasteiger partial charge in [-0.1, -0.05) is 24.3 Å². The molecular formula is C16H19NO3S. The summed E-state index contributed by atoms with van der Waals surface area (Å²) < 4.78 is 28.5. The lowest BCUT2D eigenvalue weighted by Gasteiger charge is -2.11. The summed E-state index contributed by atoms with van der Waals surface area (Å²) in [5.41, 5.74) is 2.25. The molecule has 2 aromatic carbocycles. The molecule has 0 fully saturated rings. The Hall–Kier alpha value is -2.01. The van der Waals surface area contributed by atoms with Gasteiger partial charge >= 0.3 is 0 Å². The van der Waals surface area contributed by atoms with Gasteiger partial charge in [0.25, 0.3) is 0 Å². The van der Waals surface area contributed by atoms with Gasteiger partial charge in [0.2, 0.25) is 0 Å². The molecule has 5 heteroatoms. The zero-order valence-corrected chi connectivity index (χ0v) is 13.0. The van der Waals surface area contributed by atoms with Gasteiger partial charge in [0.1, 0.15) is 12.4 Å². The Balaban J connectivity index is 1.88. The molecule has 0 aliphatic carbocycles. The topological polar surface area (TPSA) is 55.4 Å². The number of anilines is 1. The quantitative estimate of drug-likeness (QED) is 0.834. The molecule has 4 nitrogen and oxygen atoms in total. The molecule has 0 saturated carbocycles. The normalized spacial score (nSPS) is 11.1. The molecule has 1 N–H and O–H groups in total. The van der Waals surface area contributed by atoms with E-state index in [0.717, 1.165) is 5.69 Å². The van der Waals surface area contributed by atoms with Crippen LogP contribution in [0, 0.1) is 6.92 Å². The number of hydrogen-bond acceptors (Lipinski definition) is 4. The molecule has 0 radical (unpaired) electrons. The third-order valence-corrected chi connectivity index (χ3v) is 4.18. The molecule has 2 rings (SSSR count). The van der Waals surface area contributed by atoms with Gasteiger partial charge in [0, 0.05) is 18.5 Å². The molecule has 0 saturated heterocycles. The number of para-hydroxylation sites is 1. The molecule has 0 aromatic heterocycles. The van der Waals surface area contributed by atoms with Gasteiger partial charge in [0.15, 0.2) is 9.84 Å². The van der Waals surface area contributed by atoms with E-state index >= 15 is 0 Å². The maximum atomic E-state index is 11.5. The highest BCUT2D eigenvalue weighted by molar-refractivity contribution is 7.90. The fourth-order valence-corrected chi connectivity index (χ4v) is 2.58. The first-order valence-electron chi connectivity index (χ1n) is 6.69. The highest BCUT2D eigenvalue weighted by Gasteiger charge is 2.07. The molecule has 2 aromatic rings. The van der Waals surface area contributed by atoms with Crippen LogP contribution < -0.4 is 10.1 Å². The molecule has 0 aliphatic heterocycles. The first kappa shape index (κ1) is 15.4. The smallest absolute Gasteiger partial charge is 0.175 e. The van der Waals surface area contributed by atoms with Gasteiger partial charge in [-0.2, -0.15) is 0 Å². The van der Waals surface area contributed by atoms with Crippen LogP contribution in [-0.2, 0) is 9.84 Å². The van der Waals surface area contributed by atoms with E-state index in [1.54, 1.807) is 24.3 Å². The van der Waals surface area contributed by atoms with Crippen molar-refractivity contribution in [3.05, 3.63) is 54.1 Å². The predicted molar refractivity (Wildman–Crippen MR) is 84.7 cm³/mol. The van der Waals surface area contributed by atoms with Crippen LogP contribution in [-0.4, -0.2) is 27.8 Å². The highest BCUT2D eigenvalue weighted by atomic mass is 32.2. The first-order valence-corrected chi connectivity index (χ1v) is 8.58. The van der Waals surface area contributed by atoms with Gasteiger partial charge < -0.3 is 10.1 Å². The molecule has 0 aliphatic rings. The number of benzene rings is 2. The molecule has 0 amide bonds. The minimum Gasteiger partial charge on any atom is -0.492 e. The molecule has 21 heavy (non-hydrogen) atoms. The summed E-state index contributed by atoms with van der Waals surface area (Å²) in [6.45, 7) is 3.15. The van der Waals surface area contributed by atoms with Crippen molar-refractivity contribution >= 4 is 15.5 Å². The van der Waals surface area contributed by atoms with Crippen molar-refractivity contribution in [2.75, 3.05) is 24.7 Å². The van der Waals surface area contributed by atoms with Crippen LogP contribution in [0.15, 0.2) is 53.4 Å². The second kappa shape index (κ2) is 6.63. The number of sulfone groups is 1. The van der Waals surface area contributed by atoms with Crippen molar-refractivity contribution in [1.29, 1.82) is 0 Å². The SMILES string of the molecule is Cc1ccccc1NCCOc1cccc(S(C)(=O)=O)c1. The number of ether oxygens (including phenoxy) is 1. The Labute approximate surface area is 125 Å². The van der Waals surface area contributed by atoms with Crippen molar-refractivity contribution in [2.45, 2.75) is 11.8 Å². The van der Waals surface area contributed by atoms with Crippen LogP contribution in [0.2, 0.25) is 0 Å². The molecule has 0 atom stereocenters. The zero-order chi connectivity index (χ0) is 15.3. The van der Waals surface area contributed by atoms with E-state index < -0.39 is 9.84 Å².